The Balaban J connectivity index is 1.74. The highest BCUT2D eigenvalue weighted by atomic mass is 16.5. The molecule has 1 fully saturated rings. The molecule has 0 amide bonds. The van der Waals surface area contributed by atoms with Crippen molar-refractivity contribution < 1.29 is 4.74 Å². The van der Waals surface area contributed by atoms with E-state index >= 15 is 0 Å². The molecule has 3 heteroatoms. The molecule has 1 aromatic carbocycles. The van der Waals surface area contributed by atoms with Crippen LogP contribution in [0.4, 0.5) is 0 Å². The maximum Gasteiger partial charge on any atom is 0.0608 e. The van der Waals surface area contributed by atoms with Crippen LogP contribution in [0.1, 0.15) is 36.4 Å². The molecule has 0 aromatic heterocycles. The van der Waals surface area contributed by atoms with Crippen molar-refractivity contribution in [3.05, 3.63) is 35.4 Å². The molecule has 1 atom stereocenters. The van der Waals surface area contributed by atoms with Crippen LogP contribution < -0.4 is 5.43 Å². The summed E-state index contributed by atoms with van der Waals surface area (Å²) in [6.45, 7) is 3.69. The Kier molecular flexibility index (Phi) is 3.93. The monoisotopic (exact) mass is 246 g/mol. The molecule has 1 heterocycles. The van der Waals surface area contributed by atoms with E-state index < -0.39 is 0 Å². The number of morpholine rings is 1. The van der Waals surface area contributed by atoms with Gasteiger partial charge < -0.3 is 4.74 Å². The fourth-order valence-corrected chi connectivity index (χ4v) is 2.97. The Bertz CT molecular complexity index is 388. The zero-order valence-electron chi connectivity index (χ0n) is 10.9. The van der Waals surface area contributed by atoms with Crippen molar-refractivity contribution in [2.24, 2.45) is 0 Å². The summed E-state index contributed by atoms with van der Waals surface area (Å²) in [5.41, 5.74) is 6.74. The molecule has 1 aliphatic carbocycles. The van der Waals surface area contributed by atoms with Crippen molar-refractivity contribution in [1.82, 2.24) is 10.4 Å². The van der Waals surface area contributed by atoms with E-state index in [0.717, 1.165) is 26.3 Å². The van der Waals surface area contributed by atoms with E-state index in [1.54, 1.807) is 0 Å². The third-order valence-corrected chi connectivity index (χ3v) is 3.97. The predicted molar refractivity (Wildman–Crippen MR) is 72.3 cm³/mol. The van der Waals surface area contributed by atoms with Crippen molar-refractivity contribution in [2.45, 2.75) is 31.7 Å². The molecular weight excluding hydrogens is 224 g/mol. The first kappa shape index (κ1) is 12.2. The van der Waals surface area contributed by atoms with Gasteiger partial charge in [-0.2, -0.15) is 0 Å². The van der Waals surface area contributed by atoms with Crippen LogP contribution in [0.3, 0.4) is 0 Å². The van der Waals surface area contributed by atoms with Crippen molar-refractivity contribution in [3.8, 4) is 0 Å². The standard InChI is InChI=1S/C15H22N2O/c1-3-7-14-13(5-1)6-2-4-8-15(14)16-17-9-11-18-12-10-17/h1,3,5,7,15-16H,2,4,6,8-12H2. The van der Waals surface area contributed by atoms with Crippen molar-refractivity contribution in [2.75, 3.05) is 26.3 Å². The number of nitrogens with zero attached hydrogens (tertiary/aromatic N) is 1. The summed E-state index contributed by atoms with van der Waals surface area (Å²) in [4.78, 5) is 0. The lowest BCUT2D eigenvalue weighted by Crippen LogP contribution is -2.47. The molecule has 0 bridgehead atoms. The van der Waals surface area contributed by atoms with Gasteiger partial charge in [0, 0.05) is 19.1 Å². The normalized spacial score (nSPS) is 25.4. The minimum atomic E-state index is 0.488. The molecule has 18 heavy (non-hydrogen) atoms. The largest absolute Gasteiger partial charge is 0.379 e. The summed E-state index contributed by atoms with van der Waals surface area (Å²) in [5.74, 6) is 0. The molecule has 1 aromatic rings. The summed E-state index contributed by atoms with van der Waals surface area (Å²) in [7, 11) is 0. The summed E-state index contributed by atoms with van der Waals surface area (Å²) in [6.07, 6.45) is 5.11. The molecule has 0 spiro atoms. The van der Waals surface area contributed by atoms with E-state index in [4.69, 9.17) is 4.74 Å². The lowest BCUT2D eigenvalue weighted by Gasteiger charge is -2.32. The van der Waals surface area contributed by atoms with Gasteiger partial charge in [0.15, 0.2) is 0 Å². The second-order valence-electron chi connectivity index (χ2n) is 5.23. The van der Waals surface area contributed by atoms with Gasteiger partial charge in [0.1, 0.15) is 0 Å². The van der Waals surface area contributed by atoms with Gasteiger partial charge >= 0.3 is 0 Å². The maximum atomic E-state index is 5.40. The molecular formula is C15H22N2O. The van der Waals surface area contributed by atoms with E-state index in [2.05, 4.69) is 34.7 Å². The number of nitrogens with one attached hydrogen (secondary N) is 1. The highest BCUT2D eigenvalue weighted by Crippen LogP contribution is 2.28. The number of benzene rings is 1. The van der Waals surface area contributed by atoms with E-state index in [9.17, 15) is 0 Å². The van der Waals surface area contributed by atoms with Gasteiger partial charge in [-0.15, -0.1) is 0 Å². The van der Waals surface area contributed by atoms with E-state index in [-0.39, 0.29) is 0 Å². The Labute approximate surface area is 109 Å². The Morgan fingerprint density at radius 3 is 2.83 bits per heavy atom. The first-order valence-electron chi connectivity index (χ1n) is 7.10. The number of hydrogen-bond acceptors (Lipinski definition) is 3. The van der Waals surface area contributed by atoms with Gasteiger partial charge in [0.2, 0.25) is 0 Å². The zero-order valence-corrected chi connectivity index (χ0v) is 10.9. The predicted octanol–water partition coefficient (Wildman–Crippen LogP) is 2.29. The van der Waals surface area contributed by atoms with Gasteiger partial charge in [-0.25, -0.2) is 10.4 Å². The Hall–Kier alpha value is -0.900. The van der Waals surface area contributed by atoms with Crippen LogP contribution in [0.5, 0.6) is 0 Å². The Morgan fingerprint density at radius 1 is 1.11 bits per heavy atom. The average Bonchev–Trinajstić information content (AvgIpc) is 2.63. The Morgan fingerprint density at radius 2 is 1.94 bits per heavy atom. The number of hydrazine groups is 1. The molecule has 3 rings (SSSR count). The van der Waals surface area contributed by atoms with Crippen molar-refractivity contribution >= 4 is 0 Å². The molecule has 1 saturated heterocycles. The third-order valence-electron chi connectivity index (χ3n) is 3.97. The van der Waals surface area contributed by atoms with E-state index in [0.29, 0.717) is 6.04 Å². The van der Waals surface area contributed by atoms with E-state index in [1.807, 2.05) is 0 Å². The number of hydrogen-bond donors (Lipinski definition) is 1. The van der Waals surface area contributed by atoms with Crippen LogP contribution in [0.15, 0.2) is 24.3 Å². The highest BCUT2D eigenvalue weighted by molar-refractivity contribution is 5.31. The fourth-order valence-electron chi connectivity index (χ4n) is 2.97. The molecule has 1 N–H and O–H groups in total. The quantitative estimate of drug-likeness (QED) is 0.810. The van der Waals surface area contributed by atoms with Crippen LogP contribution in [0, 0.1) is 0 Å². The molecule has 0 radical (unpaired) electrons. The van der Waals surface area contributed by atoms with Gasteiger partial charge in [-0.05, 0) is 30.4 Å². The molecule has 98 valence electrons. The van der Waals surface area contributed by atoms with Gasteiger partial charge in [-0.3, -0.25) is 0 Å². The van der Waals surface area contributed by atoms with Gasteiger partial charge in [0.25, 0.3) is 0 Å². The van der Waals surface area contributed by atoms with Gasteiger partial charge in [0.05, 0.1) is 13.2 Å². The highest BCUT2D eigenvalue weighted by Gasteiger charge is 2.21. The van der Waals surface area contributed by atoms with Crippen LogP contribution in [-0.4, -0.2) is 31.3 Å². The first-order valence-corrected chi connectivity index (χ1v) is 7.10. The lowest BCUT2D eigenvalue weighted by molar-refractivity contribution is 0.00255. The van der Waals surface area contributed by atoms with Crippen molar-refractivity contribution in [3.63, 3.8) is 0 Å². The first-order chi connectivity index (χ1) is 8.93. The summed E-state index contributed by atoms with van der Waals surface area (Å²) >= 11 is 0. The fraction of sp³-hybridized carbons (Fsp3) is 0.600. The van der Waals surface area contributed by atoms with Crippen LogP contribution in [-0.2, 0) is 11.2 Å². The number of rotatable bonds is 2. The molecule has 0 saturated carbocycles. The SMILES string of the molecule is c1ccc2c(c1)CCCCC2NN1CCOCC1. The number of ether oxygens (including phenoxy) is 1. The minimum absolute atomic E-state index is 0.488. The smallest absolute Gasteiger partial charge is 0.0608 e. The molecule has 2 aliphatic rings. The molecule has 1 unspecified atom stereocenters. The second kappa shape index (κ2) is 5.83. The zero-order chi connectivity index (χ0) is 12.2. The second-order valence-corrected chi connectivity index (χ2v) is 5.23. The topological polar surface area (TPSA) is 24.5 Å². The number of aryl methyl sites for hydroxylation is 1. The van der Waals surface area contributed by atoms with E-state index in [1.165, 1.54) is 36.8 Å². The van der Waals surface area contributed by atoms with Crippen LogP contribution in [0.25, 0.3) is 0 Å². The number of fused-ring (bicyclic) bond motifs is 1. The minimum Gasteiger partial charge on any atom is -0.379 e. The average molecular weight is 246 g/mol. The third kappa shape index (κ3) is 2.74. The van der Waals surface area contributed by atoms with Crippen molar-refractivity contribution in [1.29, 1.82) is 0 Å². The summed E-state index contributed by atoms with van der Waals surface area (Å²) < 4.78 is 5.40. The summed E-state index contributed by atoms with van der Waals surface area (Å²) in [5, 5.41) is 2.33. The summed E-state index contributed by atoms with van der Waals surface area (Å²) in [6, 6.07) is 9.39. The van der Waals surface area contributed by atoms with Crippen LogP contribution >= 0.6 is 0 Å². The lowest BCUT2D eigenvalue weighted by atomic mass is 10.00. The molecule has 1 aliphatic heterocycles. The maximum absolute atomic E-state index is 5.40. The van der Waals surface area contributed by atoms with Gasteiger partial charge in [-0.1, -0.05) is 30.7 Å². The molecule has 3 nitrogen and oxygen atoms in total. The van der Waals surface area contributed by atoms with Crippen LogP contribution in [0.2, 0.25) is 0 Å².